The van der Waals surface area contributed by atoms with Crippen LogP contribution in [0.15, 0.2) is 6.07 Å². The van der Waals surface area contributed by atoms with E-state index in [0.29, 0.717) is 12.1 Å². The number of nitrogens with zero attached hydrogens (tertiary/aromatic N) is 2. The van der Waals surface area contributed by atoms with Crippen molar-refractivity contribution in [3.8, 4) is 12.3 Å². The third-order valence-corrected chi connectivity index (χ3v) is 1.80. The fraction of sp³-hybridized carbons (Fsp3) is 0.444. The molecule has 15 heavy (non-hydrogen) atoms. The normalized spacial score (nSPS) is 11.4. The van der Waals surface area contributed by atoms with Crippen LogP contribution in [0.4, 0.5) is 13.2 Å². The minimum Gasteiger partial charge on any atom is -0.330 e. The second kappa shape index (κ2) is 4.36. The van der Waals surface area contributed by atoms with Crippen molar-refractivity contribution in [2.75, 3.05) is 6.54 Å². The van der Waals surface area contributed by atoms with Gasteiger partial charge < -0.3 is 5.73 Å². The monoisotopic (exact) mass is 217 g/mol. The van der Waals surface area contributed by atoms with Crippen LogP contribution in [0.25, 0.3) is 0 Å². The van der Waals surface area contributed by atoms with E-state index in [2.05, 4.69) is 11.0 Å². The van der Waals surface area contributed by atoms with E-state index in [1.165, 1.54) is 0 Å². The van der Waals surface area contributed by atoms with Crippen molar-refractivity contribution < 1.29 is 13.2 Å². The topological polar surface area (TPSA) is 43.8 Å². The lowest BCUT2D eigenvalue weighted by atomic mass is 10.3. The predicted molar refractivity (Wildman–Crippen MR) is 48.8 cm³/mol. The molecule has 82 valence electrons. The first-order valence-corrected chi connectivity index (χ1v) is 4.26. The Kier molecular flexibility index (Phi) is 3.37. The van der Waals surface area contributed by atoms with Gasteiger partial charge in [0.25, 0.3) is 0 Å². The van der Waals surface area contributed by atoms with Crippen molar-refractivity contribution in [3.63, 3.8) is 0 Å². The fourth-order valence-corrected chi connectivity index (χ4v) is 1.17. The van der Waals surface area contributed by atoms with E-state index in [1.54, 1.807) is 0 Å². The highest BCUT2D eigenvalue weighted by atomic mass is 19.4. The fourth-order valence-electron chi connectivity index (χ4n) is 1.17. The molecule has 0 amide bonds. The summed E-state index contributed by atoms with van der Waals surface area (Å²) in [5.41, 5.74) is 4.75. The summed E-state index contributed by atoms with van der Waals surface area (Å²) in [6, 6.07) is 0.976. The van der Waals surface area contributed by atoms with Crippen LogP contribution in [-0.2, 0) is 19.1 Å². The van der Waals surface area contributed by atoms with Gasteiger partial charge in [-0.15, -0.1) is 6.42 Å². The maximum Gasteiger partial charge on any atom is 0.435 e. The summed E-state index contributed by atoms with van der Waals surface area (Å²) < 4.78 is 38.1. The summed E-state index contributed by atoms with van der Waals surface area (Å²) in [4.78, 5) is 0. The maximum absolute atomic E-state index is 12.3. The number of aromatic nitrogens is 2. The van der Waals surface area contributed by atoms with E-state index in [0.717, 1.165) is 10.7 Å². The molecular weight excluding hydrogens is 207 g/mol. The van der Waals surface area contributed by atoms with Crippen LogP contribution in [0.1, 0.15) is 11.4 Å². The van der Waals surface area contributed by atoms with Crippen LogP contribution < -0.4 is 5.73 Å². The van der Waals surface area contributed by atoms with Crippen molar-refractivity contribution in [2.24, 2.45) is 5.73 Å². The molecule has 0 atom stereocenters. The molecule has 0 aliphatic carbocycles. The van der Waals surface area contributed by atoms with Crippen molar-refractivity contribution in [2.45, 2.75) is 19.1 Å². The van der Waals surface area contributed by atoms with Crippen LogP contribution in [0, 0.1) is 12.3 Å². The largest absolute Gasteiger partial charge is 0.435 e. The minimum absolute atomic E-state index is 0.0193. The third kappa shape index (κ3) is 2.73. The number of halogens is 3. The molecule has 0 bridgehead atoms. The molecule has 0 radical (unpaired) electrons. The van der Waals surface area contributed by atoms with E-state index < -0.39 is 11.9 Å². The molecule has 1 aromatic heterocycles. The van der Waals surface area contributed by atoms with Crippen LogP contribution in [-0.4, -0.2) is 16.3 Å². The highest BCUT2D eigenvalue weighted by molar-refractivity contribution is 5.14. The van der Waals surface area contributed by atoms with Crippen LogP contribution in [0.3, 0.4) is 0 Å². The Labute approximate surface area is 85.1 Å². The molecule has 0 aromatic carbocycles. The number of alkyl halides is 3. The SMILES string of the molecule is C#CCn1nc(C(F)(F)F)cc1CCN. The van der Waals surface area contributed by atoms with Gasteiger partial charge in [-0.3, -0.25) is 4.68 Å². The molecule has 6 heteroatoms. The lowest BCUT2D eigenvalue weighted by Crippen LogP contribution is -2.10. The van der Waals surface area contributed by atoms with Gasteiger partial charge in [-0.05, 0) is 12.6 Å². The second-order valence-electron chi connectivity index (χ2n) is 2.92. The lowest BCUT2D eigenvalue weighted by molar-refractivity contribution is -0.141. The lowest BCUT2D eigenvalue weighted by Gasteiger charge is -2.01. The number of nitrogens with two attached hydrogens (primary N) is 1. The zero-order valence-corrected chi connectivity index (χ0v) is 7.88. The molecule has 0 fully saturated rings. The Morgan fingerprint density at radius 3 is 2.67 bits per heavy atom. The smallest absolute Gasteiger partial charge is 0.330 e. The minimum atomic E-state index is -4.44. The van der Waals surface area contributed by atoms with Crippen LogP contribution in [0.2, 0.25) is 0 Å². The zero-order valence-electron chi connectivity index (χ0n) is 7.88. The first kappa shape index (κ1) is 11.6. The molecule has 1 rings (SSSR count). The first-order valence-electron chi connectivity index (χ1n) is 4.26. The van der Waals surface area contributed by atoms with Gasteiger partial charge in [-0.25, -0.2) is 0 Å². The third-order valence-electron chi connectivity index (χ3n) is 1.80. The summed E-state index contributed by atoms with van der Waals surface area (Å²) in [7, 11) is 0. The van der Waals surface area contributed by atoms with Gasteiger partial charge >= 0.3 is 6.18 Å². The van der Waals surface area contributed by atoms with Crippen molar-refractivity contribution in [1.29, 1.82) is 0 Å². The van der Waals surface area contributed by atoms with E-state index in [1.807, 2.05) is 0 Å². The van der Waals surface area contributed by atoms with Crippen LogP contribution >= 0.6 is 0 Å². The van der Waals surface area contributed by atoms with Gasteiger partial charge in [0, 0.05) is 12.1 Å². The Morgan fingerprint density at radius 2 is 2.20 bits per heavy atom. The molecule has 0 spiro atoms. The van der Waals surface area contributed by atoms with Gasteiger partial charge in [0.2, 0.25) is 0 Å². The summed E-state index contributed by atoms with van der Waals surface area (Å²) in [6.45, 7) is 0.277. The Balaban J connectivity index is 3.04. The van der Waals surface area contributed by atoms with E-state index >= 15 is 0 Å². The molecule has 2 N–H and O–H groups in total. The molecule has 0 aliphatic rings. The number of rotatable bonds is 3. The van der Waals surface area contributed by atoms with Gasteiger partial charge in [-0.2, -0.15) is 18.3 Å². The number of hydrogen-bond acceptors (Lipinski definition) is 2. The molecule has 3 nitrogen and oxygen atoms in total. The van der Waals surface area contributed by atoms with Gasteiger partial charge in [0.05, 0.1) is 0 Å². The average Bonchev–Trinajstić information content (AvgIpc) is 2.50. The van der Waals surface area contributed by atoms with Gasteiger partial charge in [-0.1, -0.05) is 5.92 Å². The summed E-state index contributed by atoms with van der Waals surface area (Å²) >= 11 is 0. The quantitative estimate of drug-likeness (QED) is 0.769. The average molecular weight is 217 g/mol. The van der Waals surface area contributed by atoms with E-state index in [-0.39, 0.29) is 13.1 Å². The Hall–Kier alpha value is -1.48. The molecule has 1 heterocycles. The van der Waals surface area contributed by atoms with E-state index in [4.69, 9.17) is 12.2 Å². The van der Waals surface area contributed by atoms with Gasteiger partial charge in [0.1, 0.15) is 6.54 Å². The number of terminal acetylenes is 1. The highest BCUT2D eigenvalue weighted by Crippen LogP contribution is 2.28. The maximum atomic E-state index is 12.3. The van der Waals surface area contributed by atoms with Gasteiger partial charge in [0.15, 0.2) is 5.69 Å². The molecule has 0 saturated heterocycles. The van der Waals surface area contributed by atoms with Crippen LogP contribution in [0.5, 0.6) is 0 Å². The molecule has 0 aliphatic heterocycles. The predicted octanol–water partition coefficient (Wildman–Crippen LogP) is 1.04. The molecule has 0 saturated carbocycles. The Morgan fingerprint density at radius 1 is 1.53 bits per heavy atom. The van der Waals surface area contributed by atoms with Crippen molar-refractivity contribution >= 4 is 0 Å². The molecular formula is C9H10F3N3. The van der Waals surface area contributed by atoms with Crippen molar-refractivity contribution in [1.82, 2.24) is 9.78 Å². The van der Waals surface area contributed by atoms with E-state index in [9.17, 15) is 13.2 Å². The number of hydrogen-bond donors (Lipinski definition) is 1. The molecule has 1 aromatic rings. The first-order chi connectivity index (χ1) is 6.99. The standard InChI is InChI=1S/C9H10F3N3/c1-2-5-15-7(3-4-13)6-8(14-15)9(10,11)12/h1,6H,3-5,13H2. The highest BCUT2D eigenvalue weighted by Gasteiger charge is 2.34. The second-order valence-corrected chi connectivity index (χ2v) is 2.92. The summed E-state index contributed by atoms with van der Waals surface area (Å²) in [5.74, 6) is 2.24. The Bertz CT molecular complexity index is 373. The summed E-state index contributed by atoms with van der Waals surface area (Å²) in [5, 5.41) is 3.38. The van der Waals surface area contributed by atoms with Crippen molar-refractivity contribution in [3.05, 3.63) is 17.5 Å². The molecule has 0 unspecified atom stereocenters. The summed E-state index contributed by atoms with van der Waals surface area (Å²) in [6.07, 6.45) is 0.903. The zero-order chi connectivity index (χ0) is 11.5.